The first-order valence-electron chi connectivity index (χ1n) is 9.13. The lowest BCUT2D eigenvalue weighted by Gasteiger charge is -2.20. The third-order valence-corrected chi connectivity index (χ3v) is 4.63. The molecule has 5 heteroatoms. The van der Waals surface area contributed by atoms with E-state index in [2.05, 4.69) is 16.0 Å². The van der Waals surface area contributed by atoms with Crippen molar-refractivity contribution in [1.29, 1.82) is 0 Å². The molecule has 2 unspecified atom stereocenters. The third-order valence-electron chi connectivity index (χ3n) is 4.63. The van der Waals surface area contributed by atoms with Crippen molar-refractivity contribution in [1.82, 2.24) is 16.0 Å². The topological polar surface area (TPSA) is 70.2 Å². The van der Waals surface area contributed by atoms with Gasteiger partial charge >= 0.3 is 0 Å². The summed E-state index contributed by atoms with van der Waals surface area (Å²) in [4.78, 5) is 25.2. The van der Waals surface area contributed by atoms with E-state index in [1.807, 2.05) is 48.5 Å². The van der Waals surface area contributed by atoms with Crippen molar-refractivity contribution in [2.24, 2.45) is 0 Å². The summed E-state index contributed by atoms with van der Waals surface area (Å²) in [6, 6.07) is 18.4. The van der Waals surface area contributed by atoms with Crippen molar-refractivity contribution in [3.63, 3.8) is 0 Å². The van der Waals surface area contributed by atoms with Gasteiger partial charge in [0.25, 0.3) is 5.91 Å². The molecule has 136 valence electrons. The normalized spacial score (nSPS) is 17.5. The van der Waals surface area contributed by atoms with Gasteiger partial charge < -0.3 is 16.0 Å². The molecule has 26 heavy (non-hydrogen) atoms. The summed E-state index contributed by atoms with van der Waals surface area (Å²) < 4.78 is 0. The molecule has 3 N–H and O–H groups in total. The molecule has 2 amide bonds. The van der Waals surface area contributed by atoms with Crippen LogP contribution in [0.2, 0.25) is 0 Å². The van der Waals surface area contributed by atoms with Crippen molar-refractivity contribution in [2.45, 2.75) is 31.3 Å². The van der Waals surface area contributed by atoms with E-state index < -0.39 is 6.04 Å². The zero-order chi connectivity index (χ0) is 18.2. The van der Waals surface area contributed by atoms with E-state index in [0.29, 0.717) is 24.6 Å². The number of nitrogens with one attached hydrogen (secondary N) is 3. The van der Waals surface area contributed by atoms with E-state index in [4.69, 9.17) is 0 Å². The monoisotopic (exact) mass is 351 g/mol. The maximum absolute atomic E-state index is 12.7. The van der Waals surface area contributed by atoms with Crippen LogP contribution in [-0.4, -0.2) is 37.0 Å². The van der Waals surface area contributed by atoms with E-state index in [1.54, 1.807) is 12.1 Å². The number of hydrogen-bond donors (Lipinski definition) is 3. The zero-order valence-electron chi connectivity index (χ0n) is 14.8. The number of carbonyl (C=O) groups is 2. The number of hydrogen-bond acceptors (Lipinski definition) is 3. The van der Waals surface area contributed by atoms with Gasteiger partial charge in [0.15, 0.2) is 0 Å². The zero-order valence-corrected chi connectivity index (χ0v) is 14.8. The van der Waals surface area contributed by atoms with Crippen LogP contribution in [0.1, 0.15) is 28.8 Å². The van der Waals surface area contributed by atoms with Gasteiger partial charge in [0.2, 0.25) is 5.91 Å². The SMILES string of the molecule is O=C(NC(Cc1ccccc1)C(=O)NCC1CCCN1)c1ccccc1. The summed E-state index contributed by atoms with van der Waals surface area (Å²) in [7, 11) is 0. The van der Waals surface area contributed by atoms with E-state index in [1.165, 1.54) is 0 Å². The maximum atomic E-state index is 12.7. The second kappa shape index (κ2) is 9.15. The number of benzene rings is 2. The Bertz CT molecular complexity index is 713. The van der Waals surface area contributed by atoms with Crippen molar-refractivity contribution >= 4 is 11.8 Å². The van der Waals surface area contributed by atoms with E-state index in [0.717, 1.165) is 24.9 Å². The summed E-state index contributed by atoms with van der Waals surface area (Å²) >= 11 is 0. The summed E-state index contributed by atoms with van der Waals surface area (Å²) in [5.41, 5.74) is 1.57. The Balaban J connectivity index is 1.66. The minimum absolute atomic E-state index is 0.146. The van der Waals surface area contributed by atoms with Crippen LogP contribution in [0.5, 0.6) is 0 Å². The molecule has 5 nitrogen and oxygen atoms in total. The largest absolute Gasteiger partial charge is 0.353 e. The fourth-order valence-electron chi connectivity index (χ4n) is 3.17. The molecule has 0 bridgehead atoms. The second-order valence-corrected chi connectivity index (χ2v) is 6.62. The van der Waals surface area contributed by atoms with Crippen LogP contribution in [0, 0.1) is 0 Å². The summed E-state index contributed by atoms with van der Waals surface area (Å²) in [5.74, 6) is -0.382. The number of amides is 2. The Hall–Kier alpha value is -2.66. The highest BCUT2D eigenvalue weighted by Gasteiger charge is 2.23. The summed E-state index contributed by atoms with van der Waals surface area (Å²) in [5, 5.41) is 9.24. The molecule has 1 aliphatic rings. The minimum Gasteiger partial charge on any atom is -0.353 e. The predicted molar refractivity (Wildman–Crippen MR) is 102 cm³/mol. The van der Waals surface area contributed by atoms with Gasteiger partial charge in [-0.25, -0.2) is 0 Å². The average molecular weight is 351 g/mol. The second-order valence-electron chi connectivity index (χ2n) is 6.62. The highest BCUT2D eigenvalue weighted by Crippen LogP contribution is 2.07. The van der Waals surface area contributed by atoms with Gasteiger partial charge in [-0.1, -0.05) is 48.5 Å². The van der Waals surface area contributed by atoms with E-state index in [9.17, 15) is 9.59 Å². The predicted octanol–water partition coefficient (Wildman–Crippen LogP) is 1.90. The van der Waals surface area contributed by atoms with Gasteiger partial charge in [-0.05, 0) is 37.1 Å². The van der Waals surface area contributed by atoms with Gasteiger partial charge in [0.1, 0.15) is 6.04 Å². The molecule has 2 aromatic rings. The lowest BCUT2D eigenvalue weighted by Crippen LogP contribution is -2.50. The first-order chi connectivity index (χ1) is 12.7. The number of carbonyl (C=O) groups excluding carboxylic acids is 2. The standard InChI is InChI=1S/C21H25N3O2/c25-20(17-10-5-2-6-11-17)24-19(14-16-8-3-1-4-9-16)21(26)23-15-18-12-7-13-22-18/h1-6,8-11,18-19,22H,7,12-15H2,(H,23,26)(H,24,25). The highest BCUT2D eigenvalue weighted by molar-refractivity contribution is 5.97. The molecule has 1 heterocycles. The van der Waals surface area contributed by atoms with Crippen molar-refractivity contribution in [3.8, 4) is 0 Å². The Labute approximate surface area is 154 Å². The number of rotatable bonds is 7. The van der Waals surface area contributed by atoms with Crippen LogP contribution in [0.15, 0.2) is 60.7 Å². The van der Waals surface area contributed by atoms with Crippen molar-refractivity contribution < 1.29 is 9.59 Å². The molecule has 2 atom stereocenters. The Kier molecular flexibility index (Phi) is 6.39. The van der Waals surface area contributed by atoms with Crippen LogP contribution >= 0.6 is 0 Å². The third kappa shape index (κ3) is 5.17. The lowest BCUT2D eigenvalue weighted by molar-refractivity contribution is -0.123. The quantitative estimate of drug-likeness (QED) is 0.713. The van der Waals surface area contributed by atoms with Crippen molar-refractivity contribution in [3.05, 3.63) is 71.8 Å². The molecule has 0 spiro atoms. The highest BCUT2D eigenvalue weighted by atomic mass is 16.2. The van der Waals surface area contributed by atoms with Gasteiger partial charge in [-0.3, -0.25) is 9.59 Å². The first-order valence-corrected chi connectivity index (χ1v) is 9.13. The van der Waals surface area contributed by atoms with Crippen LogP contribution in [0.4, 0.5) is 0 Å². The van der Waals surface area contributed by atoms with Gasteiger partial charge in [0.05, 0.1) is 0 Å². The molecule has 1 fully saturated rings. The Morgan fingerprint density at radius 1 is 1.04 bits per heavy atom. The fraction of sp³-hybridized carbons (Fsp3) is 0.333. The van der Waals surface area contributed by atoms with E-state index >= 15 is 0 Å². The smallest absolute Gasteiger partial charge is 0.251 e. The molecular formula is C21H25N3O2. The van der Waals surface area contributed by atoms with Crippen LogP contribution in [0.3, 0.4) is 0 Å². The molecular weight excluding hydrogens is 326 g/mol. The molecule has 0 aliphatic carbocycles. The Morgan fingerprint density at radius 2 is 1.73 bits per heavy atom. The molecule has 3 rings (SSSR count). The Morgan fingerprint density at radius 3 is 2.38 bits per heavy atom. The van der Waals surface area contributed by atoms with Gasteiger partial charge in [-0.2, -0.15) is 0 Å². The maximum Gasteiger partial charge on any atom is 0.251 e. The molecule has 1 saturated heterocycles. The van der Waals surface area contributed by atoms with Crippen LogP contribution in [-0.2, 0) is 11.2 Å². The lowest BCUT2D eigenvalue weighted by atomic mass is 10.0. The average Bonchev–Trinajstić information content (AvgIpc) is 3.20. The fourth-order valence-corrected chi connectivity index (χ4v) is 3.17. The van der Waals surface area contributed by atoms with Crippen molar-refractivity contribution in [2.75, 3.05) is 13.1 Å². The molecule has 0 saturated carbocycles. The van der Waals surface area contributed by atoms with Crippen LogP contribution < -0.4 is 16.0 Å². The summed E-state index contributed by atoms with van der Waals surface area (Å²) in [6.45, 7) is 1.59. The molecule has 1 aliphatic heterocycles. The van der Waals surface area contributed by atoms with E-state index in [-0.39, 0.29) is 11.8 Å². The molecule has 0 radical (unpaired) electrons. The summed E-state index contributed by atoms with van der Waals surface area (Å²) in [6.07, 6.45) is 2.67. The van der Waals surface area contributed by atoms with Gasteiger partial charge in [-0.15, -0.1) is 0 Å². The molecule has 0 aromatic heterocycles. The first kappa shape index (κ1) is 18.1. The molecule has 2 aromatic carbocycles. The minimum atomic E-state index is -0.605. The van der Waals surface area contributed by atoms with Crippen LogP contribution in [0.25, 0.3) is 0 Å². The van der Waals surface area contributed by atoms with Gasteiger partial charge in [0, 0.05) is 24.6 Å².